The van der Waals surface area contributed by atoms with Crippen LogP contribution < -0.4 is 4.74 Å². The highest BCUT2D eigenvalue weighted by atomic mass is 16.5. The van der Waals surface area contributed by atoms with Crippen molar-refractivity contribution in [3.63, 3.8) is 0 Å². The quantitative estimate of drug-likeness (QED) is 0.864. The van der Waals surface area contributed by atoms with E-state index >= 15 is 0 Å². The molecule has 17 heavy (non-hydrogen) atoms. The average Bonchev–Trinajstić information content (AvgIpc) is 2.37. The Balaban J connectivity index is 2.08. The Morgan fingerprint density at radius 2 is 2.12 bits per heavy atom. The lowest BCUT2D eigenvalue weighted by molar-refractivity contribution is 0.106. The number of benzene rings is 1. The molecule has 0 aliphatic heterocycles. The normalized spacial score (nSPS) is 24.6. The summed E-state index contributed by atoms with van der Waals surface area (Å²) >= 11 is 0. The van der Waals surface area contributed by atoms with Gasteiger partial charge in [-0.3, -0.25) is 0 Å². The zero-order valence-electron chi connectivity index (χ0n) is 10.6. The zero-order chi connectivity index (χ0) is 12.1. The molecule has 0 spiro atoms. The molecule has 2 rings (SSSR count). The van der Waals surface area contributed by atoms with Gasteiger partial charge in [0, 0.05) is 5.92 Å². The maximum atomic E-state index is 10.0. The van der Waals surface area contributed by atoms with Crippen molar-refractivity contribution in [3.8, 4) is 5.75 Å². The molecule has 2 heteroatoms. The van der Waals surface area contributed by atoms with Crippen molar-refractivity contribution in [2.45, 2.75) is 51.0 Å². The number of aliphatic hydroxyl groups excluding tert-OH is 1. The van der Waals surface area contributed by atoms with Crippen LogP contribution in [0.4, 0.5) is 0 Å². The molecule has 2 nitrogen and oxygen atoms in total. The van der Waals surface area contributed by atoms with Crippen LogP contribution in [0.2, 0.25) is 0 Å². The predicted molar refractivity (Wildman–Crippen MR) is 69.4 cm³/mol. The van der Waals surface area contributed by atoms with Crippen LogP contribution in [-0.4, -0.2) is 17.8 Å². The van der Waals surface area contributed by atoms with Gasteiger partial charge in [-0.1, -0.05) is 31.9 Å². The van der Waals surface area contributed by atoms with E-state index in [1.54, 1.807) is 0 Å². The SMILES string of the molecule is CCCOc1cccc(C2CCCCC2O)c1. The third-order valence-electron chi connectivity index (χ3n) is 3.49. The molecule has 0 saturated heterocycles. The highest BCUT2D eigenvalue weighted by Crippen LogP contribution is 2.34. The molecule has 1 aromatic rings. The highest BCUT2D eigenvalue weighted by molar-refractivity contribution is 5.31. The predicted octanol–water partition coefficient (Wildman–Crippen LogP) is 3.49. The maximum absolute atomic E-state index is 10.0. The van der Waals surface area contributed by atoms with Gasteiger partial charge in [-0.25, -0.2) is 0 Å². The topological polar surface area (TPSA) is 29.5 Å². The largest absolute Gasteiger partial charge is 0.494 e. The van der Waals surface area contributed by atoms with E-state index in [4.69, 9.17) is 4.74 Å². The van der Waals surface area contributed by atoms with Crippen molar-refractivity contribution in [2.75, 3.05) is 6.61 Å². The van der Waals surface area contributed by atoms with Crippen LogP contribution in [0.3, 0.4) is 0 Å². The van der Waals surface area contributed by atoms with E-state index < -0.39 is 0 Å². The second-order valence-corrected chi connectivity index (χ2v) is 4.88. The van der Waals surface area contributed by atoms with Crippen molar-refractivity contribution in [2.24, 2.45) is 0 Å². The van der Waals surface area contributed by atoms with Gasteiger partial charge in [0.05, 0.1) is 12.7 Å². The van der Waals surface area contributed by atoms with Gasteiger partial charge in [-0.05, 0) is 37.0 Å². The number of hydrogen-bond donors (Lipinski definition) is 1. The highest BCUT2D eigenvalue weighted by Gasteiger charge is 2.24. The lowest BCUT2D eigenvalue weighted by Crippen LogP contribution is -2.22. The van der Waals surface area contributed by atoms with Crippen LogP contribution in [0.25, 0.3) is 0 Å². The lowest BCUT2D eigenvalue weighted by Gasteiger charge is -2.28. The van der Waals surface area contributed by atoms with Gasteiger partial charge in [-0.15, -0.1) is 0 Å². The van der Waals surface area contributed by atoms with Crippen molar-refractivity contribution in [1.29, 1.82) is 0 Å². The van der Waals surface area contributed by atoms with Gasteiger partial charge < -0.3 is 9.84 Å². The molecule has 0 bridgehead atoms. The minimum Gasteiger partial charge on any atom is -0.494 e. The van der Waals surface area contributed by atoms with Crippen molar-refractivity contribution >= 4 is 0 Å². The summed E-state index contributed by atoms with van der Waals surface area (Å²) < 4.78 is 5.64. The molecule has 1 N–H and O–H groups in total. The summed E-state index contributed by atoms with van der Waals surface area (Å²) in [6, 6.07) is 8.23. The van der Waals surface area contributed by atoms with E-state index in [0.29, 0.717) is 5.92 Å². The summed E-state index contributed by atoms with van der Waals surface area (Å²) in [5.74, 6) is 1.23. The summed E-state index contributed by atoms with van der Waals surface area (Å²) in [6.07, 6.45) is 5.26. The van der Waals surface area contributed by atoms with Gasteiger partial charge >= 0.3 is 0 Å². The Hall–Kier alpha value is -1.02. The van der Waals surface area contributed by atoms with Gasteiger partial charge in [0.15, 0.2) is 0 Å². The molecule has 0 radical (unpaired) electrons. The molecule has 1 aromatic carbocycles. The minimum atomic E-state index is -0.176. The first-order chi connectivity index (χ1) is 8.31. The fourth-order valence-electron chi connectivity index (χ4n) is 2.55. The van der Waals surface area contributed by atoms with Crippen molar-refractivity contribution in [3.05, 3.63) is 29.8 Å². The van der Waals surface area contributed by atoms with Crippen LogP contribution in [0, 0.1) is 0 Å². The van der Waals surface area contributed by atoms with Crippen LogP contribution in [0.5, 0.6) is 5.75 Å². The molecule has 1 aliphatic carbocycles. The van der Waals surface area contributed by atoms with Gasteiger partial charge in [0.2, 0.25) is 0 Å². The third kappa shape index (κ3) is 3.22. The van der Waals surface area contributed by atoms with Gasteiger partial charge in [-0.2, -0.15) is 0 Å². The Bertz CT molecular complexity index is 349. The molecule has 1 aliphatic rings. The van der Waals surface area contributed by atoms with E-state index in [0.717, 1.165) is 38.0 Å². The molecular weight excluding hydrogens is 212 g/mol. The Kier molecular flexibility index (Phi) is 4.43. The van der Waals surface area contributed by atoms with Crippen molar-refractivity contribution < 1.29 is 9.84 Å². The van der Waals surface area contributed by atoms with Gasteiger partial charge in [0.1, 0.15) is 5.75 Å². The number of aliphatic hydroxyl groups is 1. The van der Waals surface area contributed by atoms with E-state index in [1.807, 2.05) is 12.1 Å². The Morgan fingerprint density at radius 3 is 2.88 bits per heavy atom. The van der Waals surface area contributed by atoms with E-state index in [1.165, 1.54) is 12.0 Å². The smallest absolute Gasteiger partial charge is 0.119 e. The monoisotopic (exact) mass is 234 g/mol. The van der Waals surface area contributed by atoms with E-state index in [-0.39, 0.29) is 6.10 Å². The van der Waals surface area contributed by atoms with Crippen LogP contribution >= 0.6 is 0 Å². The summed E-state index contributed by atoms with van der Waals surface area (Å²) in [5, 5.41) is 10.0. The molecule has 0 heterocycles. The molecule has 2 unspecified atom stereocenters. The molecular formula is C15H22O2. The Labute approximate surface area is 104 Å². The molecule has 0 amide bonds. The second kappa shape index (κ2) is 6.06. The first-order valence-electron chi connectivity index (χ1n) is 6.72. The number of ether oxygens (including phenoxy) is 1. The summed E-state index contributed by atoms with van der Waals surface area (Å²) in [7, 11) is 0. The van der Waals surface area contributed by atoms with E-state index in [2.05, 4.69) is 19.1 Å². The molecule has 2 atom stereocenters. The molecule has 1 fully saturated rings. The summed E-state index contributed by atoms with van der Waals surface area (Å²) in [5.41, 5.74) is 1.23. The lowest BCUT2D eigenvalue weighted by atomic mass is 9.82. The number of rotatable bonds is 4. The zero-order valence-corrected chi connectivity index (χ0v) is 10.6. The fraction of sp³-hybridized carbons (Fsp3) is 0.600. The third-order valence-corrected chi connectivity index (χ3v) is 3.49. The summed E-state index contributed by atoms with van der Waals surface area (Å²) in [4.78, 5) is 0. The number of hydrogen-bond acceptors (Lipinski definition) is 2. The molecule has 0 aromatic heterocycles. The average molecular weight is 234 g/mol. The second-order valence-electron chi connectivity index (χ2n) is 4.88. The van der Waals surface area contributed by atoms with Crippen LogP contribution in [-0.2, 0) is 0 Å². The maximum Gasteiger partial charge on any atom is 0.119 e. The van der Waals surface area contributed by atoms with Gasteiger partial charge in [0.25, 0.3) is 0 Å². The fourth-order valence-corrected chi connectivity index (χ4v) is 2.55. The minimum absolute atomic E-state index is 0.176. The van der Waals surface area contributed by atoms with Crippen molar-refractivity contribution in [1.82, 2.24) is 0 Å². The Morgan fingerprint density at radius 1 is 1.29 bits per heavy atom. The van der Waals surface area contributed by atoms with Crippen LogP contribution in [0.15, 0.2) is 24.3 Å². The van der Waals surface area contributed by atoms with Crippen LogP contribution in [0.1, 0.15) is 50.5 Å². The summed E-state index contributed by atoms with van der Waals surface area (Å²) in [6.45, 7) is 2.87. The van der Waals surface area contributed by atoms with E-state index in [9.17, 15) is 5.11 Å². The standard InChI is InChI=1S/C15H22O2/c1-2-10-17-13-7-5-6-12(11-13)14-8-3-4-9-15(14)16/h5-7,11,14-16H,2-4,8-10H2,1H3. The molecule has 94 valence electrons. The first kappa shape index (κ1) is 12.4. The molecule has 1 saturated carbocycles. The first-order valence-corrected chi connectivity index (χ1v) is 6.72.